The van der Waals surface area contributed by atoms with E-state index in [9.17, 15) is 10.1 Å². The molecule has 0 saturated carbocycles. The predicted molar refractivity (Wildman–Crippen MR) is 67.7 cm³/mol. The van der Waals surface area contributed by atoms with Gasteiger partial charge in [0.05, 0.1) is 6.07 Å². The lowest BCUT2D eigenvalue weighted by molar-refractivity contribution is -0.402. The van der Waals surface area contributed by atoms with E-state index in [0.717, 1.165) is 0 Å². The average molecular weight is 254 g/mol. The third-order valence-corrected chi connectivity index (χ3v) is 1.90. The van der Waals surface area contributed by atoms with Crippen molar-refractivity contribution >= 4 is 35.5 Å². The number of furan rings is 1. The molecule has 0 saturated heterocycles. The Labute approximate surface area is 102 Å². The summed E-state index contributed by atoms with van der Waals surface area (Å²) in [6.45, 7) is 0. The van der Waals surface area contributed by atoms with Crippen LogP contribution in [0.5, 0.6) is 0 Å². The number of nitro groups is 1. The topological polar surface area (TPSA) is 92.7 Å². The molecule has 0 aromatic carbocycles. The monoisotopic (exact) mass is 254 g/mol. The molecule has 1 heterocycles. The maximum absolute atomic E-state index is 10.3. The van der Waals surface area contributed by atoms with Crippen molar-refractivity contribution < 1.29 is 9.34 Å². The van der Waals surface area contributed by atoms with Gasteiger partial charge < -0.3 is 9.73 Å². The summed E-state index contributed by atoms with van der Waals surface area (Å²) in [4.78, 5) is 9.73. The van der Waals surface area contributed by atoms with Gasteiger partial charge in [-0.05, 0) is 30.4 Å². The number of hydrazone groups is 1. The molecule has 0 unspecified atom stereocenters. The molecular formula is C9H10N4O3S. The van der Waals surface area contributed by atoms with E-state index in [1.807, 2.05) is 0 Å². The predicted octanol–water partition coefficient (Wildman–Crippen LogP) is 1.28. The first-order chi connectivity index (χ1) is 8.13. The molecular weight excluding hydrogens is 244 g/mol. The molecule has 0 radical (unpaired) electrons. The molecule has 8 heteroatoms. The van der Waals surface area contributed by atoms with E-state index in [1.54, 1.807) is 19.2 Å². The van der Waals surface area contributed by atoms with Gasteiger partial charge in [0.1, 0.15) is 10.7 Å². The number of thiocarbonyl (C=S) groups is 1. The summed E-state index contributed by atoms with van der Waals surface area (Å²) in [6.07, 6.45) is 4.55. The summed E-state index contributed by atoms with van der Waals surface area (Å²) < 4.78 is 4.89. The van der Waals surface area contributed by atoms with Gasteiger partial charge in [-0.2, -0.15) is 5.10 Å². The Morgan fingerprint density at radius 3 is 3.00 bits per heavy atom. The Bertz CT molecular complexity index is 467. The molecule has 0 spiro atoms. The molecule has 1 aromatic heterocycles. The second-order valence-corrected chi connectivity index (χ2v) is 3.17. The Morgan fingerprint density at radius 2 is 2.41 bits per heavy atom. The van der Waals surface area contributed by atoms with E-state index in [-0.39, 0.29) is 5.88 Å². The lowest BCUT2D eigenvalue weighted by Gasteiger charge is -1.97. The Hall–Kier alpha value is -2.22. The van der Waals surface area contributed by atoms with Crippen LogP contribution in [0.3, 0.4) is 0 Å². The van der Waals surface area contributed by atoms with Crippen LogP contribution in [0.2, 0.25) is 0 Å². The zero-order chi connectivity index (χ0) is 12.7. The maximum Gasteiger partial charge on any atom is 0.433 e. The molecule has 1 aromatic rings. The zero-order valence-electron chi connectivity index (χ0n) is 8.91. The summed E-state index contributed by atoms with van der Waals surface area (Å²) in [6, 6.07) is 2.78. The fourth-order valence-electron chi connectivity index (χ4n) is 0.863. The van der Waals surface area contributed by atoms with E-state index in [0.29, 0.717) is 10.9 Å². The van der Waals surface area contributed by atoms with Crippen LogP contribution < -0.4 is 10.7 Å². The van der Waals surface area contributed by atoms with Gasteiger partial charge in [-0.3, -0.25) is 15.5 Å². The summed E-state index contributed by atoms with van der Waals surface area (Å²) in [5.41, 5.74) is 2.54. The number of hydrogen-bond acceptors (Lipinski definition) is 5. The van der Waals surface area contributed by atoms with E-state index in [4.69, 9.17) is 16.6 Å². The molecule has 1 rings (SSSR count). The molecule has 17 heavy (non-hydrogen) atoms. The van der Waals surface area contributed by atoms with Crippen LogP contribution in [-0.2, 0) is 0 Å². The first kappa shape index (κ1) is 12.8. The van der Waals surface area contributed by atoms with Crippen LogP contribution in [0, 0.1) is 10.1 Å². The van der Waals surface area contributed by atoms with Crippen molar-refractivity contribution in [1.82, 2.24) is 10.7 Å². The molecule has 0 amide bonds. The highest BCUT2D eigenvalue weighted by molar-refractivity contribution is 7.80. The molecule has 2 N–H and O–H groups in total. The molecule has 0 aliphatic heterocycles. The summed E-state index contributed by atoms with van der Waals surface area (Å²) in [5.74, 6) is 0.0791. The normalized spacial score (nSPS) is 10.9. The molecule has 0 bridgehead atoms. The molecule has 0 aliphatic rings. The highest BCUT2D eigenvalue weighted by atomic mass is 32.1. The van der Waals surface area contributed by atoms with Gasteiger partial charge >= 0.3 is 5.88 Å². The minimum absolute atomic E-state index is 0.295. The second kappa shape index (κ2) is 6.38. The van der Waals surface area contributed by atoms with Crippen molar-refractivity contribution in [3.63, 3.8) is 0 Å². The van der Waals surface area contributed by atoms with Crippen molar-refractivity contribution in [2.45, 2.75) is 0 Å². The Kier molecular flexibility index (Phi) is 4.82. The van der Waals surface area contributed by atoms with Crippen molar-refractivity contribution in [3.05, 3.63) is 34.1 Å². The number of nitrogens with one attached hydrogen (secondary N) is 2. The van der Waals surface area contributed by atoms with Crippen molar-refractivity contribution in [2.75, 3.05) is 7.05 Å². The smallest absolute Gasteiger partial charge is 0.401 e. The fourth-order valence-corrected chi connectivity index (χ4v) is 0.915. The average Bonchev–Trinajstić information content (AvgIpc) is 2.77. The van der Waals surface area contributed by atoms with Crippen molar-refractivity contribution in [2.24, 2.45) is 5.10 Å². The highest BCUT2D eigenvalue weighted by Gasteiger charge is 2.09. The van der Waals surface area contributed by atoms with Gasteiger partial charge in [0.2, 0.25) is 0 Å². The third kappa shape index (κ3) is 4.43. The summed E-state index contributed by atoms with van der Waals surface area (Å²) in [7, 11) is 1.67. The number of hydrogen-bond donors (Lipinski definition) is 2. The molecule has 0 aliphatic carbocycles. The van der Waals surface area contributed by atoms with E-state index in [1.165, 1.54) is 18.3 Å². The number of allylic oxidation sites excluding steroid dienone is 1. The van der Waals surface area contributed by atoms with Crippen LogP contribution in [0.1, 0.15) is 5.76 Å². The van der Waals surface area contributed by atoms with Crippen molar-refractivity contribution in [3.8, 4) is 0 Å². The number of rotatable bonds is 4. The first-order valence-corrected chi connectivity index (χ1v) is 4.96. The van der Waals surface area contributed by atoms with Gasteiger partial charge in [-0.25, -0.2) is 0 Å². The standard InChI is InChI=1S/C9H10N4O3S/c1-10-9(17)12-11-6-2-3-7-4-5-8(16-7)13(14)15/h2-6H,1H3,(H2,10,12,17)/b3-2+,11-6+. The van der Waals surface area contributed by atoms with Gasteiger partial charge in [0.25, 0.3) is 0 Å². The molecule has 90 valence electrons. The SMILES string of the molecule is CNC(=S)N/N=C/C=C/c1ccc([N+](=O)[O-])o1. The Morgan fingerprint density at radius 1 is 1.65 bits per heavy atom. The quantitative estimate of drug-likeness (QED) is 0.364. The molecule has 0 fully saturated rings. The van der Waals surface area contributed by atoms with Crippen LogP contribution in [0.25, 0.3) is 6.08 Å². The zero-order valence-corrected chi connectivity index (χ0v) is 9.73. The summed E-state index contributed by atoms with van der Waals surface area (Å²) >= 11 is 4.78. The third-order valence-electron chi connectivity index (χ3n) is 1.61. The van der Waals surface area contributed by atoms with Crippen LogP contribution in [-0.4, -0.2) is 23.3 Å². The summed E-state index contributed by atoms with van der Waals surface area (Å²) in [5, 5.41) is 17.2. The van der Waals surface area contributed by atoms with E-state index in [2.05, 4.69) is 15.8 Å². The van der Waals surface area contributed by atoms with Gasteiger partial charge in [-0.15, -0.1) is 0 Å². The lowest BCUT2D eigenvalue weighted by atomic mass is 10.4. The van der Waals surface area contributed by atoms with Gasteiger partial charge in [-0.1, -0.05) is 0 Å². The van der Waals surface area contributed by atoms with Crippen LogP contribution in [0.15, 0.2) is 27.7 Å². The lowest BCUT2D eigenvalue weighted by Crippen LogP contribution is -2.28. The highest BCUT2D eigenvalue weighted by Crippen LogP contribution is 2.16. The first-order valence-electron chi connectivity index (χ1n) is 4.55. The van der Waals surface area contributed by atoms with Crippen LogP contribution >= 0.6 is 12.2 Å². The minimum Gasteiger partial charge on any atom is -0.401 e. The van der Waals surface area contributed by atoms with Gasteiger partial charge in [0, 0.05) is 13.3 Å². The number of nitrogens with zero attached hydrogens (tertiary/aromatic N) is 2. The van der Waals surface area contributed by atoms with Gasteiger partial charge in [0.15, 0.2) is 5.11 Å². The van der Waals surface area contributed by atoms with E-state index >= 15 is 0 Å². The maximum atomic E-state index is 10.3. The van der Waals surface area contributed by atoms with E-state index < -0.39 is 4.92 Å². The van der Waals surface area contributed by atoms with Crippen LogP contribution in [0.4, 0.5) is 5.88 Å². The molecule has 7 nitrogen and oxygen atoms in total. The second-order valence-electron chi connectivity index (χ2n) is 2.76. The fraction of sp³-hybridized carbons (Fsp3) is 0.111. The molecule has 0 atom stereocenters. The minimum atomic E-state index is -0.599. The Balaban J connectivity index is 2.47. The largest absolute Gasteiger partial charge is 0.433 e. The van der Waals surface area contributed by atoms with Crippen molar-refractivity contribution in [1.29, 1.82) is 0 Å².